The van der Waals surface area contributed by atoms with Crippen molar-refractivity contribution in [2.24, 2.45) is 10.2 Å². The SMILES string of the molecule is C[C@H](N=[N+]=[N-])[C@H](C)N=[N+]=[N-]. The van der Waals surface area contributed by atoms with Gasteiger partial charge >= 0.3 is 0 Å². The minimum absolute atomic E-state index is 0.277. The Morgan fingerprint density at radius 1 is 1.00 bits per heavy atom. The van der Waals surface area contributed by atoms with Gasteiger partial charge in [0.25, 0.3) is 0 Å². The van der Waals surface area contributed by atoms with Crippen molar-refractivity contribution in [3.63, 3.8) is 0 Å². The summed E-state index contributed by atoms with van der Waals surface area (Å²) in [5, 5.41) is 6.72. The first-order valence-corrected chi connectivity index (χ1v) is 2.80. The first-order valence-electron chi connectivity index (χ1n) is 2.80. The Labute approximate surface area is 58.1 Å². The van der Waals surface area contributed by atoms with Crippen LogP contribution in [-0.2, 0) is 0 Å². The highest BCUT2D eigenvalue weighted by molar-refractivity contribution is 4.74. The summed E-state index contributed by atoms with van der Waals surface area (Å²) in [5.41, 5.74) is 16.0. The zero-order valence-corrected chi connectivity index (χ0v) is 5.84. The fourth-order valence-corrected chi connectivity index (χ4v) is 0.356. The van der Waals surface area contributed by atoms with Crippen LogP contribution >= 0.6 is 0 Å². The Morgan fingerprint density at radius 2 is 1.30 bits per heavy atom. The second-order valence-electron chi connectivity index (χ2n) is 1.89. The van der Waals surface area contributed by atoms with Crippen LogP contribution in [0.1, 0.15) is 13.8 Å². The third-order valence-corrected chi connectivity index (χ3v) is 1.17. The van der Waals surface area contributed by atoms with Crippen LogP contribution in [-0.4, -0.2) is 12.1 Å². The molecule has 54 valence electrons. The quantitative estimate of drug-likeness (QED) is 0.326. The smallest absolute Gasteiger partial charge is 0.0427 e. The van der Waals surface area contributed by atoms with Gasteiger partial charge in [-0.3, -0.25) is 0 Å². The Balaban J connectivity index is 4.05. The van der Waals surface area contributed by atoms with Crippen molar-refractivity contribution in [3.8, 4) is 0 Å². The molecule has 0 aromatic carbocycles. The number of nitrogens with zero attached hydrogens (tertiary/aromatic N) is 6. The van der Waals surface area contributed by atoms with E-state index in [9.17, 15) is 0 Å². The van der Waals surface area contributed by atoms with Crippen LogP contribution in [0.3, 0.4) is 0 Å². The predicted octanol–water partition coefficient (Wildman–Crippen LogP) is 2.38. The van der Waals surface area contributed by atoms with Crippen LogP contribution < -0.4 is 0 Å². The van der Waals surface area contributed by atoms with E-state index >= 15 is 0 Å². The molecule has 0 aliphatic rings. The van der Waals surface area contributed by atoms with Crippen molar-refractivity contribution in [3.05, 3.63) is 20.9 Å². The first kappa shape index (κ1) is 8.62. The maximum absolute atomic E-state index is 7.98. The summed E-state index contributed by atoms with van der Waals surface area (Å²) >= 11 is 0. The molecule has 0 heterocycles. The molecule has 0 rings (SSSR count). The maximum atomic E-state index is 7.98. The zero-order chi connectivity index (χ0) is 7.98. The normalized spacial score (nSPS) is 14.2. The zero-order valence-electron chi connectivity index (χ0n) is 5.84. The Bertz CT molecular complexity index is 164. The van der Waals surface area contributed by atoms with Gasteiger partial charge in [0, 0.05) is 21.9 Å². The molecule has 0 unspecified atom stereocenters. The van der Waals surface area contributed by atoms with Crippen molar-refractivity contribution in [1.82, 2.24) is 0 Å². The summed E-state index contributed by atoms with van der Waals surface area (Å²) in [6.45, 7) is 3.39. The van der Waals surface area contributed by atoms with Gasteiger partial charge in [0.15, 0.2) is 0 Å². The molecule has 6 heteroatoms. The monoisotopic (exact) mass is 140 g/mol. The molecule has 0 bridgehead atoms. The Kier molecular flexibility index (Phi) is 3.87. The molecule has 2 atom stereocenters. The fourth-order valence-electron chi connectivity index (χ4n) is 0.356. The number of azide groups is 2. The van der Waals surface area contributed by atoms with E-state index in [4.69, 9.17) is 11.1 Å². The molecule has 0 N–H and O–H groups in total. The lowest BCUT2D eigenvalue weighted by atomic mass is 10.2. The summed E-state index contributed by atoms with van der Waals surface area (Å²) in [5.74, 6) is 0. The molecule has 0 radical (unpaired) electrons. The second-order valence-corrected chi connectivity index (χ2v) is 1.89. The van der Waals surface area contributed by atoms with Gasteiger partial charge in [-0.2, -0.15) is 0 Å². The summed E-state index contributed by atoms with van der Waals surface area (Å²) in [4.78, 5) is 5.16. The minimum atomic E-state index is -0.277. The largest absolute Gasteiger partial charge is 0.0905 e. The molecule has 0 aliphatic carbocycles. The summed E-state index contributed by atoms with van der Waals surface area (Å²) in [6.07, 6.45) is 0. The first-order chi connectivity index (χ1) is 4.72. The number of hydrogen-bond acceptors (Lipinski definition) is 2. The average Bonchev–Trinajstić information content (AvgIpc) is 1.89. The summed E-state index contributed by atoms with van der Waals surface area (Å²) < 4.78 is 0. The van der Waals surface area contributed by atoms with Crippen molar-refractivity contribution < 1.29 is 0 Å². The van der Waals surface area contributed by atoms with Crippen molar-refractivity contribution in [2.45, 2.75) is 25.9 Å². The molecular formula is C4H8N6. The molecule has 0 amide bonds. The highest BCUT2D eigenvalue weighted by Crippen LogP contribution is 2.01. The van der Waals surface area contributed by atoms with Crippen LogP contribution in [0.25, 0.3) is 20.9 Å². The van der Waals surface area contributed by atoms with Crippen LogP contribution in [0.15, 0.2) is 10.2 Å². The summed E-state index contributed by atoms with van der Waals surface area (Å²) in [7, 11) is 0. The van der Waals surface area contributed by atoms with Gasteiger partial charge in [-0.1, -0.05) is 24.1 Å². The van der Waals surface area contributed by atoms with Gasteiger partial charge in [-0.25, -0.2) is 0 Å². The van der Waals surface area contributed by atoms with E-state index in [0.717, 1.165) is 0 Å². The standard InChI is InChI=1S/C4H8N6/c1-3(7-9-5)4(2)8-10-6/h3-4H,1-2H3/t3-,4-/m0/s1. The van der Waals surface area contributed by atoms with Gasteiger partial charge in [0.2, 0.25) is 0 Å². The fraction of sp³-hybridized carbons (Fsp3) is 1.00. The van der Waals surface area contributed by atoms with Gasteiger partial charge in [-0.15, -0.1) is 0 Å². The molecule has 10 heavy (non-hydrogen) atoms. The summed E-state index contributed by atoms with van der Waals surface area (Å²) in [6, 6.07) is -0.554. The van der Waals surface area contributed by atoms with Gasteiger partial charge in [-0.05, 0) is 11.1 Å². The Morgan fingerprint density at radius 3 is 1.50 bits per heavy atom. The van der Waals surface area contributed by atoms with Crippen LogP contribution in [0.5, 0.6) is 0 Å². The van der Waals surface area contributed by atoms with E-state index in [1.54, 1.807) is 13.8 Å². The Hall–Kier alpha value is -1.38. The molecule has 0 spiro atoms. The third-order valence-electron chi connectivity index (χ3n) is 1.17. The molecule has 0 saturated heterocycles. The predicted molar refractivity (Wildman–Crippen MR) is 37.2 cm³/mol. The van der Waals surface area contributed by atoms with Gasteiger partial charge < -0.3 is 0 Å². The van der Waals surface area contributed by atoms with E-state index in [1.807, 2.05) is 0 Å². The lowest BCUT2D eigenvalue weighted by Gasteiger charge is -2.05. The lowest BCUT2D eigenvalue weighted by molar-refractivity contribution is 0.597. The highest BCUT2D eigenvalue weighted by atomic mass is 15.2. The van der Waals surface area contributed by atoms with E-state index in [0.29, 0.717) is 0 Å². The highest BCUT2D eigenvalue weighted by Gasteiger charge is 2.06. The average molecular weight is 140 g/mol. The van der Waals surface area contributed by atoms with Crippen molar-refractivity contribution in [1.29, 1.82) is 0 Å². The van der Waals surface area contributed by atoms with Crippen molar-refractivity contribution in [2.75, 3.05) is 0 Å². The molecule has 0 aliphatic heterocycles. The van der Waals surface area contributed by atoms with Crippen molar-refractivity contribution >= 4 is 0 Å². The molecule has 0 aromatic rings. The minimum Gasteiger partial charge on any atom is -0.0905 e. The van der Waals surface area contributed by atoms with E-state index < -0.39 is 0 Å². The van der Waals surface area contributed by atoms with E-state index in [-0.39, 0.29) is 12.1 Å². The second kappa shape index (κ2) is 4.49. The molecular weight excluding hydrogens is 132 g/mol. The van der Waals surface area contributed by atoms with Crippen LogP contribution in [0.4, 0.5) is 0 Å². The van der Waals surface area contributed by atoms with Crippen LogP contribution in [0, 0.1) is 0 Å². The van der Waals surface area contributed by atoms with Gasteiger partial charge in [0.05, 0.1) is 0 Å². The molecule has 0 aromatic heterocycles. The molecule has 0 saturated carbocycles. The lowest BCUT2D eigenvalue weighted by Crippen LogP contribution is -2.12. The number of hydrogen-bond donors (Lipinski definition) is 0. The molecule has 0 fully saturated rings. The topological polar surface area (TPSA) is 97.5 Å². The third kappa shape index (κ3) is 2.81. The van der Waals surface area contributed by atoms with E-state index in [2.05, 4.69) is 20.1 Å². The van der Waals surface area contributed by atoms with Gasteiger partial charge in [0.1, 0.15) is 0 Å². The number of rotatable bonds is 3. The van der Waals surface area contributed by atoms with Crippen LogP contribution in [0.2, 0.25) is 0 Å². The van der Waals surface area contributed by atoms with E-state index in [1.165, 1.54) is 0 Å². The molecule has 6 nitrogen and oxygen atoms in total. The maximum Gasteiger partial charge on any atom is 0.0427 e.